The van der Waals surface area contributed by atoms with E-state index in [-0.39, 0.29) is 6.04 Å². The van der Waals surface area contributed by atoms with Crippen LogP contribution in [0.15, 0.2) is 78.9 Å². The number of allylic oxidation sites excluding steroid dienone is 1. The topological polar surface area (TPSA) is 42.7 Å². The molecular formula is C25H21ClN4. The van der Waals surface area contributed by atoms with Gasteiger partial charge in [-0.1, -0.05) is 83.4 Å². The third-order valence-electron chi connectivity index (χ3n) is 5.35. The van der Waals surface area contributed by atoms with E-state index in [1.807, 2.05) is 28.9 Å². The number of nitrogens with one attached hydrogen (secondary N) is 1. The Morgan fingerprint density at radius 2 is 1.40 bits per heavy atom. The summed E-state index contributed by atoms with van der Waals surface area (Å²) >= 11 is 6.12. The van der Waals surface area contributed by atoms with Crippen LogP contribution < -0.4 is 5.32 Å². The Labute approximate surface area is 180 Å². The number of halogens is 1. The third kappa shape index (κ3) is 3.51. The van der Waals surface area contributed by atoms with Crippen molar-refractivity contribution >= 4 is 23.2 Å². The van der Waals surface area contributed by atoms with E-state index >= 15 is 0 Å². The molecule has 0 amide bonds. The van der Waals surface area contributed by atoms with Crippen molar-refractivity contribution in [2.24, 2.45) is 0 Å². The number of hydrogen-bond donors (Lipinski definition) is 1. The first kappa shape index (κ1) is 18.6. The van der Waals surface area contributed by atoms with Gasteiger partial charge in [-0.3, -0.25) is 0 Å². The standard InChI is InChI=1S/C25H21ClN4/c1-16-3-7-18(8-4-16)22-15-23(19-11-13-21(26)14-12-19)30-25(27-22)28-24(29-30)20-9-5-17(2)6-10-20/h3-15,23H,1-2H3,(H,27,28,29)/t23-/m1/s1. The molecule has 1 aliphatic rings. The molecule has 30 heavy (non-hydrogen) atoms. The maximum Gasteiger partial charge on any atom is 0.227 e. The largest absolute Gasteiger partial charge is 0.324 e. The molecule has 1 aromatic heterocycles. The van der Waals surface area contributed by atoms with Gasteiger partial charge in [-0.05, 0) is 43.2 Å². The lowest BCUT2D eigenvalue weighted by Crippen LogP contribution is -2.20. The fourth-order valence-electron chi connectivity index (χ4n) is 3.62. The smallest absolute Gasteiger partial charge is 0.227 e. The minimum atomic E-state index is -0.0819. The van der Waals surface area contributed by atoms with Crippen molar-refractivity contribution in [3.63, 3.8) is 0 Å². The number of nitrogens with zero attached hydrogens (tertiary/aromatic N) is 3. The van der Waals surface area contributed by atoms with Gasteiger partial charge in [0.1, 0.15) is 6.04 Å². The molecule has 1 atom stereocenters. The zero-order valence-electron chi connectivity index (χ0n) is 16.8. The molecule has 3 aromatic carbocycles. The van der Waals surface area contributed by atoms with Crippen molar-refractivity contribution in [2.45, 2.75) is 19.9 Å². The lowest BCUT2D eigenvalue weighted by atomic mass is 10.0. The molecule has 5 rings (SSSR count). The molecule has 0 saturated carbocycles. The van der Waals surface area contributed by atoms with Gasteiger partial charge in [-0.2, -0.15) is 4.98 Å². The summed E-state index contributed by atoms with van der Waals surface area (Å²) in [6.45, 7) is 4.17. The number of rotatable bonds is 3. The number of aromatic nitrogens is 3. The summed E-state index contributed by atoms with van der Waals surface area (Å²) in [5.74, 6) is 1.43. The van der Waals surface area contributed by atoms with Crippen molar-refractivity contribution in [1.82, 2.24) is 14.8 Å². The van der Waals surface area contributed by atoms with Gasteiger partial charge in [-0.15, -0.1) is 5.10 Å². The van der Waals surface area contributed by atoms with Gasteiger partial charge in [0.2, 0.25) is 5.95 Å². The van der Waals surface area contributed by atoms with Gasteiger partial charge >= 0.3 is 0 Å². The highest BCUT2D eigenvalue weighted by atomic mass is 35.5. The van der Waals surface area contributed by atoms with Gasteiger partial charge in [0.25, 0.3) is 0 Å². The lowest BCUT2D eigenvalue weighted by molar-refractivity contribution is 0.613. The van der Waals surface area contributed by atoms with E-state index in [4.69, 9.17) is 21.7 Å². The molecule has 2 heterocycles. The molecule has 4 aromatic rings. The molecule has 0 saturated heterocycles. The molecule has 0 radical (unpaired) electrons. The molecule has 0 fully saturated rings. The number of benzene rings is 3. The van der Waals surface area contributed by atoms with Crippen LogP contribution in [0.1, 0.15) is 28.3 Å². The number of anilines is 1. The molecular weight excluding hydrogens is 392 g/mol. The van der Waals surface area contributed by atoms with E-state index in [1.165, 1.54) is 11.1 Å². The quantitative estimate of drug-likeness (QED) is 0.431. The van der Waals surface area contributed by atoms with Crippen LogP contribution in [0.5, 0.6) is 0 Å². The predicted octanol–water partition coefficient (Wildman–Crippen LogP) is 6.27. The summed E-state index contributed by atoms with van der Waals surface area (Å²) < 4.78 is 1.94. The molecule has 0 spiro atoms. The van der Waals surface area contributed by atoms with Crippen LogP contribution in [-0.4, -0.2) is 14.8 Å². The van der Waals surface area contributed by atoms with E-state index in [9.17, 15) is 0 Å². The van der Waals surface area contributed by atoms with Crippen molar-refractivity contribution < 1.29 is 0 Å². The molecule has 1 aliphatic heterocycles. The second-order valence-electron chi connectivity index (χ2n) is 7.64. The van der Waals surface area contributed by atoms with Crippen LogP contribution in [-0.2, 0) is 0 Å². The maximum atomic E-state index is 6.12. The number of hydrogen-bond acceptors (Lipinski definition) is 3. The van der Waals surface area contributed by atoms with Crippen LogP contribution in [0.25, 0.3) is 17.1 Å². The Morgan fingerprint density at radius 1 is 0.800 bits per heavy atom. The summed E-state index contributed by atoms with van der Waals surface area (Å²) in [6, 6.07) is 24.6. The van der Waals surface area contributed by atoms with Crippen molar-refractivity contribution in [2.75, 3.05) is 5.32 Å². The summed E-state index contributed by atoms with van der Waals surface area (Å²) in [5, 5.41) is 9.03. The maximum absolute atomic E-state index is 6.12. The molecule has 0 aliphatic carbocycles. The van der Waals surface area contributed by atoms with Crippen molar-refractivity contribution in [3.05, 3.63) is 106 Å². The van der Waals surface area contributed by atoms with Crippen molar-refractivity contribution in [3.8, 4) is 11.4 Å². The second kappa shape index (κ2) is 7.47. The number of fused-ring (bicyclic) bond motifs is 1. The summed E-state index contributed by atoms with van der Waals surface area (Å²) in [4.78, 5) is 4.81. The van der Waals surface area contributed by atoms with E-state index < -0.39 is 0 Å². The van der Waals surface area contributed by atoms with Gasteiger partial charge in [0.15, 0.2) is 5.82 Å². The van der Waals surface area contributed by atoms with Crippen LogP contribution in [0.4, 0.5) is 5.95 Å². The fourth-order valence-corrected chi connectivity index (χ4v) is 3.74. The highest BCUT2D eigenvalue weighted by molar-refractivity contribution is 6.30. The third-order valence-corrected chi connectivity index (χ3v) is 5.60. The van der Waals surface area contributed by atoms with Crippen LogP contribution in [0.3, 0.4) is 0 Å². The minimum absolute atomic E-state index is 0.0819. The zero-order chi connectivity index (χ0) is 20.7. The van der Waals surface area contributed by atoms with Gasteiger partial charge < -0.3 is 5.32 Å². The zero-order valence-corrected chi connectivity index (χ0v) is 17.6. The summed E-state index contributed by atoms with van der Waals surface area (Å²) in [7, 11) is 0. The first-order valence-electron chi connectivity index (χ1n) is 9.92. The molecule has 4 nitrogen and oxygen atoms in total. The second-order valence-corrected chi connectivity index (χ2v) is 8.07. The Bertz CT molecular complexity index is 1220. The highest BCUT2D eigenvalue weighted by Crippen LogP contribution is 2.34. The van der Waals surface area contributed by atoms with Crippen molar-refractivity contribution in [1.29, 1.82) is 0 Å². The molecule has 0 unspecified atom stereocenters. The Hall–Kier alpha value is -3.37. The van der Waals surface area contributed by atoms with E-state index in [0.29, 0.717) is 5.82 Å². The van der Waals surface area contributed by atoms with E-state index in [0.717, 1.165) is 33.4 Å². The van der Waals surface area contributed by atoms with E-state index in [2.05, 4.69) is 73.8 Å². The van der Waals surface area contributed by atoms with Crippen LogP contribution >= 0.6 is 11.6 Å². The van der Waals surface area contributed by atoms with Gasteiger partial charge in [-0.25, -0.2) is 4.68 Å². The number of aryl methyl sites for hydroxylation is 2. The Balaban J connectivity index is 1.61. The summed E-state index contributed by atoms with van der Waals surface area (Å²) in [6.07, 6.45) is 2.19. The van der Waals surface area contributed by atoms with E-state index in [1.54, 1.807) is 0 Å². The minimum Gasteiger partial charge on any atom is -0.324 e. The molecule has 148 valence electrons. The first-order valence-corrected chi connectivity index (χ1v) is 10.3. The molecule has 0 bridgehead atoms. The lowest BCUT2D eigenvalue weighted by Gasteiger charge is -2.24. The first-order chi connectivity index (χ1) is 14.6. The fraction of sp³-hybridized carbons (Fsp3) is 0.120. The highest BCUT2D eigenvalue weighted by Gasteiger charge is 2.25. The Kier molecular flexibility index (Phi) is 4.64. The molecule has 5 heteroatoms. The Morgan fingerprint density at radius 3 is 2.03 bits per heavy atom. The SMILES string of the molecule is Cc1ccc(C2=C[C@H](c3ccc(Cl)cc3)n3nc(-c4ccc(C)cc4)nc3N2)cc1. The monoisotopic (exact) mass is 412 g/mol. The van der Waals surface area contributed by atoms with Crippen LogP contribution in [0.2, 0.25) is 5.02 Å². The van der Waals surface area contributed by atoms with Gasteiger partial charge in [0.05, 0.1) is 0 Å². The average Bonchev–Trinajstić information content (AvgIpc) is 3.19. The van der Waals surface area contributed by atoms with Crippen LogP contribution in [0, 0.1) is 13.8 Å². The molecule has 1 N–H and O–H groups in total. The average molecular weight is 413 g/mol. The normalized spacial score (nSPS) is 15.3. The predicted molar refractivity (Wildman–Crippen MR) is 123 cm³/mol. The summed E-state index contributed by atoms with van der Waals surface area (Å²) in [5.41, 5.74) is 6.68. The van der Waals surface area contributed by atoms with Gasteiger partial charge in [0, 0.05) is 16.3 Å².